The number of hydrogen-bond donors (Lipinski definition) is 2. The number of nitrogens with two attached hydrogens (primary N) is 1. The minimum Gasteiger partial charge on any atom is -0.398 e. The summed E-state index contributed by atoms with van der Waals surface area (Å²) in [6.45, 7) is 0. The van der Waals surface area contributed by atoms with Crippen molar-refractivity contribution in [1.82, 2.24) is 4.72 Å². The molecule has 0 aliphatic heterocycles. The second-order valence-corrected chi connectivity index (χ2v) is 7.32. The predicted octanol–water partition coefficient (Wildman–Crippen LogP) is 3.07. The summed E-state index contributed by atoms with van der Waals surface area (Å²) in [7, 11) is -3.63. The number of nitrogens with one attached hydrogen (secondary N) is 1. The molecule has 0 aromatic heterocycles. The smallest absolute Gasteiger partial charge is 0.242 e. The van der Waals surface area contributed by atoms with Gasteiger partial charge in [0.25, 0.3) is 0 Å². The summed E-state index contributed by atoms with van der Waals surface area (Å²) in [4.78, 5) is 0.0760. The molecule has 1 aliphatic carbocycles. The SMILES string of the molecule is Nc1cc(Cl)cc(S(=O)(=O)NC2CC=CCC2)c1Br. The molecular weight excluding hydrogens is 352 g/mol. The molecule has 7 heteroatoms. The Balaban J connectivity index is 2.31. The molecule has 1 aromatic carbocycles. The molecule has 0 heterocycles. The number of benzene rings is 1. The van der Waals surface area contributed by atoms with Crippen LogP contribution in [0.15, 0.2) is 33.7 Å². The van der Waals surface area contributed by atoms with Gasteiger partial charge in [-0.3, -0.25) is 0 Å². The van der Waals surface area contributed by atoms with Crippen LogP contribution in [0.2, 0.25) is 5.02 Å². The van der Waals surface area contributed by atoms with Crippen LogP contribution in [-0.2, 0) is 10.0 Å². The van der Waals surface area contributed by atoms with Crippen molar-refractivity contribution in [2.75, 3.05) is 5.73 Å². The number of allylic oxidation sites excluding steroid dienone is 1. The summed E-state index contributed by atoms with van der Waals surface area (Å²) in [5, 5.41) is 0.296. The molecule has 0 bridgehead atoms. The Bertz CT molecular complexity index is 616. The van der Waals surface area contributed by atoms with Crippen molar-refractivity contribution in [2.45, 2.75) is 30.2 Å². The number of nitrogen functional groups attached to an aromatic ring is 1. The van der Waals surface area contributed by atoms with Gasteiger partial charge in [-0.15, -0.1) is 0 Å². The monoisotopic (exact) mass is 364 g/mol. The van der Waals surface area contributed by atoms with E-state index in [1.165, 1.54) is 12.1 Å². The van der Waals surface area contributed by atoms with Crippen molar-refractivity contribution in [3.05, 3.63) is 33.8 Å². The molecule has 104 valence electrons. The van der Waals surface area contributed by atoms with Crippen LogP contribution in [0.1, 0.15) is 19.3 Å². The Kier molecular flexibility index (Phi) is 4.55. The Morgan fingerprint density at radius 1 is 1.37 bits per heavy atom. The molecule has 3 N–H and O–H groups in total. The fraction of sp³-hybridized carbons (Fsp3) is 0.333. The zero-order valence-electron chi connectivity index (χ0n) is 10.1. The highest BCUT2D eigenvalue weighted by Gasteiger charge is 2.24. The van der Waals surface area contributed by atoms with E-state index in [0.717, 1.165) is 12.8 Å². The van der Waals surface area contributed by atoms with Crippen molar-refractivity contribution < 1.29 is 8.42 Å². The van der Waals surface area contributed by atoms with Crippen molar-refractivity contribution in [1.29, 1.82) is 0 Å². The maximum atomic E-state index is 12.3. The Morgan fingerprint density at radius 3 is 2.74 bits per heavy atom. The zero-order chi connectivity index (χ0) is 14.0. The first-order valence-corrected chi connectivity index (χ1v) is 8.47. The van der Waals surface area contributed by atoms with Crippen molar-refractivity contribution in [3.8, 4) is 0 Å². The van der Waals surface area contributed by atoms with E-state index in [1.54, 1.807) is 0 Å². The molecule has 0 saturated carbocycles. The van der Waals surface area contributed by atoms with Gasteiger partial charge in [-0.1, -0.05) is 23.8 Å². The van der Waals surface area contributed by atoms with E-state index in [-0.39, 0.29) is 10.9 Å². The molecule has 19 heavy (non-hydrogen) atoms. The van der Waals surface area contributed by atoms with Crippen LogP contribution < -0.4 is 10.5 Å². The van der Waals surface area contributed by atoms with Crippen LogP contribution in [0, 0.1) is 0 Å². The number of rotatable bonds is 3. The highest BCUT2D eigenvalue weighted by molar-refractivity contribution is 9.10. The quantitative estimate of drug-likeness (QED) is 0.638. The molecule has 0 fully saturated rings. The largest absolute Gasteiger partial charge is 0.398 e. The van der Waals surface area contributed by atoms with Gasteiger partial charge in [-0.2, -0.15) is 0 Å². The van der Waals surface area contributed by atoms with Gasteiger partial charge in [0.15, 0.2) is 0 Å². The molecule has 0 amide bonds. The fourth-order valence-corrected chi connectivity index (χ4v) is 4.54. The van der Waals surface area contributed by atoms with Crippen LogP contribution in [-0.4, -0.2) is 14.5 Å². The first kappa shape index (κ1) is 14.8. The summed E-state index contributed by atoms with van der Waals surface area (Å²) in [6.07, 6.45) is 6.42. The van der Waals surface area contributed by atoms with Crippen LogP contribution in [0.5, 0.6) is 0 Å². The van der Waals surface area contributed by atoms with Gasteiger partial charge in [-0.25, -0.2) is 13.1 Å². The molecule has 2 rings (SSSR count). The van der Waals surface area contributed by atoms with E-state index in [2.05, 4.69) is 26.7 Å². The summed E-state index contributed by atoms with van der Waals surface area (Å²) >= 11 is 9.06. The van der Waals surface area contributed by atoms with E-state index in [9.17, 15) is 8.42 Å². The molecule has 1 aromatic rings. The van der Waals surface area contributed by atoms with Gasteiger partial charge in [0.05, 0.1) is 9.37 Å². The summed E-state index contributed by atoms with van der Waals surface area (Å²) in [6, 6.07) is 2.82. The number of hydrogen-bond acceptors (Lipinski definition) is 3. The highest BCUT2D eigenvalue weighted by atomic mass is 79.9. The van der Waals surface area contributed by atoms with Crippen molar-refractivity contribution in [3.63, 3.8) is 0 Å². The molecule has 1 aliphatic rings. The second-order valence-electron chi connectivity index (χ2n) is 4.41. The average Bonchev–Trinajstić information content (AvgIpc) is 2.34. The first-order chi connectivity index (χ1) is 8.90. The molecule has 0 saturated heterocycles. The van der Waals surface area contributed by atoms with Crippen LogP contribution >= 0.6 is 27.5 Å². The van der Waals surface area contributed by atoms with Gasteiger partial charge in [0.2, 0.25) is 10.0 Å². The maximum Gasteiger partial charge on any atom is 0.242 e. The van der Waals surface area contributed by atoms with Gasteiger partial charge in [-0.05, 0) is 47.3 Å². The van der Waals surface area contributed by atoms with Crippen LogP contribution in [0.4, 0.5) is 5.69 Å². The lowest BCUT2D eigenvalue weighted by atomic mass is 10.0. The first-order valence-electron chi connectivity index (χ1n) is 5.82. The topological polar surface area (TPSA) is 72.2 Å². The van der Waals surface area contributed by atoms with Crippen LogP contribution in [0.3, 0.4) is 0 Å². The second kappa shape index (κ2) is 5.83. The summed E-state index contributed by atoms with van der Waals surface area (Å²) in [5.41, 5.74) is 6.02. The third-order valence-corrected chi connectivity index (χ3v) is 5.82. The third-order valence-electron chi connectivity index (χ3n) is 2.91. The fourth-order valence-electron chi connectivity index (χ4n) is 1.96. The molecule has 0 spiro atoms. The van der Waals surface area contributed by atoms with E-state index in [1.807, 2.05) is 6.08 Å². The lowest BCUT2D eigenvalue weighted by molar-refractivity contribution is 0.522. The lowest BCUT2D eigenvalue weighted by Crippen LogP contribution is -2.35. The van der Waals surface area contributed by atoms with Gasteiger partial charge >= 0.3 is 0 Å². The molecule has 1 atom stereocenters. The van der Waals surface area contributed by atoms with E-state index < -0.39 is 10.0 Å². The minimum absolute atomic E-state index is 0.0760. The zero-order valence-corrected chi connectivity index (χ0v) is 13.2. The number of halogens is 2. The van der Waals surface area contributed by atoms with Crippen molar-refractivity contribution in [2.24, 2.45) is 0 Å². The normalized spacial score (nSPS) is 19.6. The summed E-state index contributed by atoms with van der Waals surface area (Å²) < 4.78 is 27.7. The highest BCUT2D eigenvalue weighted by Crippen LogP contribution is 2.31. The van der Waals surface area contributed by atoms with E-state index in [0.29, 0.717) is 21.6 Å². The van der Waals surface area contributed by atoms with Gasteiger partial charge in [0, 0.05) is 16.8 Å². The molecular formula is C12H14BrClN2O2S. The summed E-state index contributed by atoms with van der Waals surface area (Å²) in [5.74, 6) is 0. The predicted molar refractivity (Wildman–Crippen MR) is 80.7 cm³/mol. The number of sulfonamides is 1. The Morgan fingerprint density at radius 2 is 2.11 bits per heavy atom. The minimum atomic E-state index is -3.63. The molecule has 0 radical (unpaired) electrons. The van der Waals surface area contributed by atoms with Gasteiger partial charge in [0.1, 0.15) is 0 Å². The Hall–Kier alpha value is -0.560. The van der Waals surface area contributed by atoms with Gasteiger partial charge < -0.3 is 5.73 Å². The third kappa shape index (κ3) is 3.51. The molecule has 1 unspecified atom stereocenters. The van der Waals surface area contributed by atoms with Crippen LogP contribution in [0.25, 0.3) is 0 Å². The van der Waals surface area contributed by atoms with Crippen molar-refractivity contribution >= 4 is 43.2 Å². The maximum absolute atomic E-state index is 12.3. The van der Waals surface area contributed by atoms with E-state index >= 15 is 0 Å². The standard InChI is InChI=1S/C12H14BrClN2O2S/c13-12-10(15)6-8(14)7-11(12)19(17,18)16-9-4-2-1-3-5-9/h1-2,6-7,9,16H,3-5,15H2. The van der Waals surface area contributed by atoms with E-state index in [4.69, 9.17) is 17.3 Å². The molecule has 4 nitrogen and oxygen atoms in total. The average molecular weight is 366 g/mol. The number of anilines is 1. The lowest BCUT2D eigenvalue weighted by Gasteiger charge is -2.20. The Labute approximate surface area is 126 Å².